The molecule has 22 heavy (non-hydrogen) atoms. The third kappa shape index (κ3) is 1.74. The Kier molecular flexibility index (Phi) is 2.86. The molecule has 114 valence electrons. The van der Waals surface area contributed by atoms with Gasteiger partial charge < -0.3 is 4.74 Å². The molecule has 3 fully saturated rings. The van der Waals surface area contributed by atoms with Crippen LogP contribution in [0.4, 0.5) is 5.69 Å². The fourth-order valence-corrected chi connectivity index (χ4v) is 4.53. The van der Waals surface area contributed by atoms with E-state index in [1.807, 2.05) is 0 Å². The lowest BCUT2D eigenvalue weighted by Gasteiger charge is -2.19. The van der Waals surface area contributed by atoms with Crippen molar-refractivity contribution in [1.82, 2.24) is 0 Å². The van der Waals surface area contributed by atoms with Gasteiger partial charge in [0.2, 0.25) is 11.8 Å². The maximum absolute atomic E-state index is 12.8. The first-order valence-electron chi connectivity index (χ1n) is 7.73. The van der Waals surface area contributed by atoms with Crippen LogP contribution in [0.2, 0.25) is 0 Å². The van der Waals surface area contributed by atoms with Gasteiger partial charge in [-0.2, -0.15) is 0 Å². The number of rotatable bonds is 2. The van der Waals surface area contributed by atoms with E-state index < -0.39 is 5.97 Å². The number of para-hydroxylation sites is 2. The Balaban J connectivity index is 1.74. The highest BCUT2D eigenvalue weighted by molar-refractivity contribution is 6.23. The van der Waals surface area contributed by atoms with Gasteiger partial charge in [-0.1, -0.05) is 12.1 Å². The molecule has 1 saturated heterocycles. The van der Waals surface area contributed by atoms with Crippen LogP contribution in [0.25, 0.3) is 0 Å². The topological polar surface area (TPSA) is 63.7 Å². The SMILES string of the molecule is CC(=O)Oc1ccccc1N1C(=O)[C@@H]2[C@H]3CC[C@@H](C3)[C@H]2C1=O. The van der Waals surface area contributed by atoms with Crippen LogP contribution < -0.4 is 9.64 Å². The van der Waals surface area contributed by atoms with Gasteiger partial charge in [0.05, 0.1) is 17.5 Å². The van der Waals surface area contributed by atoms with Crippen molar-refractivity contribution in [2.24, 2.45) is 23.7 Å². The van der Waals surface area contributed by atoms with Gasteiger partial charge in [0.15, 0.2) is 5.75 Å². The van der Waals surface area contributed by atoms with Crippen molar-refractivity contribution in [3.8, 4) is 5.75 Å². The number of amides is 2. The van der Waals surface area contributed by atoms with Crippen LogP contribution in [0.3, 0.4) is 0 Å². The number of esters is 1. The summed E-state index contributed by atoms with van der Waals surface area (Å²) in [7, 11) is 0. The summed E-state index contributed by atoms with van der Waals surface area (Å²) in [6.45, 7) is 1.30. The van der Waals surface area contributed by atoms with Crippen LogP contribution in [0, 0.1) is 23.7 Å². The standard InChI is InChI=1S/C17H17NO4/c1-9(19)22-13-5-3-2-4-12(13)18-16(20)14-10-6-7-11(8-10)15(14)17(18)21/h2-5,10-11,14-15H,6-8H2,1H3/t10-,11-,14+,15+/m0/s1. The lowest BCUT2D eigenvalue weighted by molar-refractivity contribution is -0.132. The molecule has 0 N–H and O–H groups in total. The molecule has 5 nitrogen and oxygen atoms in total. The summed E-state index contributed by atoms with van der Waals surface area (Å²) in [5.74, 6) is -0.0950. The minimum absolute atomic E-state index is 0.123. The number of fused-ring (bicyclic) bond motifs is 5. The Labute approximate surface area is 128 Å². The highest BCUT2D eigenvalue weighted by atomic mass is 16.5. The minimum atomic E-state index is -0.466. The third-order valence-electron chi connectivity index (χ3n) is 5.29. The smallest absolute Gasteiger partial charge is 0.308 e. The summed E-state index contributed by atoms with van der Waals surface area (Å²) < 4.78 is 5.16. The van der Waals surface area contributed by atoms with E-state index >= 15 is 0 Å². The van der Waals surface area contributed by atoms with Crippen LogP contribution in [0.1, 0.15) is 26.2 Å². The summed E-state index contributed by atoms with van der Waals surface area (Å²) in [6.07, 6.45) is 3.10. The molecule has 0 radical (unpaired) electrons. The van der Waals surface area contributed by atoms with Crippen molar-refractivity contribution in [3.63, 3.8) is 0 Å². The predicted octanol–water partition coefficient (Wildman–Crippen LogP) is 2.15. The van der Waals surface area contributed by atoms with Crippen LogP contribution in [-0.4, -0.2) is 17.8 Å². The zero-order valence-electron chi connectivity index (χ0n) is 12.3. The van der Waals surface area contributed by atoms with Crippen molar-refractivity contribution in [2.75, 3.05) is 4.90 Å². The average molecular weight is 299 g/mol. The van der Waals surface area contributed by atoms with E-state index in [1.54, 1.807) is 24.3 Å². The number of carbonyl (C=O) groups excluding carboxylic acids is 3. The number of ether oxygens (including phenoxy) is 1. The minimum Gasteiger partial charge on any atom is -0.424 e. The van der Waals surface area contributed by atoms with E-state index in [9.17, 15) is 14.4 Å². The second-order valence-electron chi connectivity index (χ2n) is 6.46. The number of imide groups is 1. The molecule has 2 aliphatic carbocycles. The number of hydrogen-bond donors (Lipinski definition) is 0. The Morgan fingerprint density at radius 1 is 1.09 bits per heavy atom. The first-order valence-corrected chi connectivity index (χ1v) is 7.73. The molecule has 2 saturated carbocycles. The summed E-state index contributed by atoms with van der Waals surface area (Å²) in [5.41, 5.74) is 0.390. The van der Waals surface area contributed by atoms with Crippen molar-refractivity contribution >= 4 is 23.5 Å². The van der Waals surface area contributed by atoms with Gasteiger partial charge in [-0.05, 0) is 43.2 Å². The molecule has 0 unspecified atom stereocenters. The van der Waals surface area contributed by atoms with Crippen molar-refractivity contribution in [2.45, 2.75) is 26.2 Å². The molecule has 1 heterocycles. The predicted molar refractivity (Wildman–Crippen MR) is 78.1 cm³/mol. The van der Waals surface area contributed by atoms with E-state index in [-0.39, 0.29) is 29.4 Å². The van der Waals surface area contributed by atoms with Crippen molar-refractivity contribution < 1.29 is 19.1 Å². The molecule has 1 aromatic carbocycles. The second kappa shape index (κ2) is 4.66. The molecule has 3 aliphatic rings. The number of hydrogen-bond acceptors (Lipinski definition) is 4. The molecular formula is C17H17NO4. The normalized spacial score (nSPS) is 32.5. The maximum atomic E-state index is 12.8. The Morgan fingerprint density at radius 2 is 1.68 bits per heavy atom. The molecule has 0 aromatic heterocycles. The van der Waals surface area contributed by atoms with E-state index in [4.69, 9.17) is 4.74 Å². The summed E-state index contributed by atoms with van der Waals surface area (Å²) in [6, 6.07) is 6.74. The summed E-state index contributed by atoms with van der Waals surface area (Å²) in [5, 5.41) is 0. The van der Waals surface area contributed by atoms with E-state index in [1.165, 1.54) is 11.8 Å². The van der Waals surface area contributed by atoms with Crippen LogP contribution in [0.15, 0.2) is 24.3 Å². The number of nitrogens with zero attached hydrogens (tertiary/aromatic N) is 1. The van der Waals surface area contributed by atoms with Crippen LogP contribution >= 0.6 is 0 Å². The Bertz CT molecular complexity index is 655. The largest absolute Gasteiger partial charge is 0.424 e. The van der Waals surface area contributed by atoms with Gasteiger partial charge in [0.25, 0.3) is 0 Å². The summed E-state index contributed by atoms with van der Waals surface area (Å²) >= 11 is 0. The molecule has 2 bridgehead atoms. The van der Waals surface area contributed by atoms with Gasteiger partial charge >= 0.3 is 5.97 Å². The second-order valence-corrected chi connectivity index (χ2v) is 6.46. The Morgan fingerprint density at radius 3 is 2.27 bits per heavy atom. The lowest BCUT2D eigenvalue weighted by Crippen LogP contribution is -2.33. The number of carbonyl (C=O) groups is 3. The zero-order valence-corrected chi connectivity index (χ0v) is 12.3. The van der Waals surface area contributed by atoms with Crippen molar-refractivity contribution in [3.05, 3.63) is 24.3 Å². The van der Waals surface area contributed by atoms with Gasteiger partial charge in [0.1, 0.15) is 0 Å². The molecular weight excluding hydrogens is 282 g/mol. The van der Waals surface area contributed by atoms with Gasteiger partial charge in [-0.3, -0.25) is 14.4 Å². The fraction of sp³-hybridized carbons (Fsp3) is 0.471. The highest BCUT2D eigenvalue weighted by Gasteiger charge is 2.61. The monoisotopic (exact) mass is 299 g/mol. The van der Waals surface area contributed by atoms with E-state index in [0.717, 1.165) is 19.3 Å². The maximum Gasteiger partial charge on any atom is 0.308 e. The average Bonchev–Trinajstić information content (AvgIpc) is 3.14. The molecule has 4 atom stereocenters. The van der Waals surface area contributed by atoms with Crippen molar-refractivity contribution in [1.29, 1.82) is 0 Å². The highest BCUT2D eigenvalue weighted by Crippen LogP contribution is 2.57. The van der Waals surface area contributed by atoms with E-state index in [0.29, 0.717) is 17.5 Å². The molecule has 0 spiro atoms. The first-order chi connectivity index (χ1) is 10.6. The van der Waals surface area contributed by atoms with Crippen LogP contribution in [-0.2, 0) is 14.4 Å². The van der Waals surface area contributed by atoms with Gasteiger partial charge in [-0.25, -0.2) is 4.90 Å². The van der Waals surface area contributed by atoms with E-state index in [2.05, 4.69) is 0 Å². The zero-order chi connectivity index (χ0) is 15.4. The Hall–Kier alpha value is -2.17. The van der Waals surface area contributed by atoms with Crippen LogP contribution in [0.5, 0.6) is 5.75 Å². The quantitative estimate of drug-likeness (QED) is 0.477. The summed E-state index contributed by atoms with van der Waals surface area (Å²) in [4.78, 5) is 38.1. The lowest BCUT2D eigenvalue weighted by atomic mass is 9.81. The molecule has 2 amide bonds. The molecule has 4 rings (SSSR count). The third-order valence-corrected chi connectivity index (χ3v) is 5.29. The molecule has 1 aromatic rings. The molecule has 1 aliphatic heterocycles. The van der Waals surface area contributed by atoms with Gasteiger partial charge in [0, 0.05) is 6.92 Å². The first kappa shape index (κ1) is 13.5. The number of benzene rings is 1. The number of anilines is 1. The fourth-order valence-electron chi connectivity index (χ4n) is 4.53. The van der Waals surface area contributed by atoms with Gasteiger partial charge in [-0.15, -0.1) is 0 Å². The molecule has 5 heteroatoms.